The van der Waals surface area contributed by atoms with Crippen molar-refractivity contribution in [2.75, 3.05) is 0 Å². The largest absolute Gasteiger partial charge is 0.480 e. The second-order valence-corrected chi connectivity index (χ2v) is 3.14. The van der Waals surface area contributed by atoms with Gasteiger partial charge in [-0.25, -0.2) is 8.78 Å². The molecular weight excluding hydrogens is 249 g/mol. The number of carbonyl (C=O) groups is 1. The predicted octanol–water partition coefficient (Wildman–Crippen LogP) is 2.07. The minimum absolute atomic E-state index is 0.247. The molecule has 0 saturated heterocycles. The van der Waals surface area contributed by atoms with Crippen molar-refractivity contribution in [1.29, 1.82) is 0 Å². The highest BCUT2D eigenvalue weighted by Gasteiger charge is 2.36. The summed E-state index contributed by atoms with van der Waals surface area (Å²) in [4.78, 5) is 10.4. The highest BCUT2D eigenvalue weighted by atomic mass is 19.4. The quantitative estimate of drug-likeness (QED) is 0.795. The summed E-state index contributed by atoms with van der Waals surface area (Å²) in [6.45, 7) is 0. The molecule has 8 heteroatoms. The summed E-state index contributed by atoms with van der Waals surface area (Å²) >= 11 is 0. The average molecular weight is 255 g/mol. The first-order chi connectivity index (χ1) is 7.66. The number of alkyl halides is 3. The van der Waals surface area contributed by atoms with Gasteiger partial charge in [-0.15, -0.1) is 0 Å². The highest BCUT2D eigenvalue weighted by Crippen LogP contribution is 2.33. The van der Waals surface area contributed by atoms with E-state index < -0.39 is 40.9 Å². The molecule has 0 bridgehead atoms. The van der Waals surface area contributed by atoms with Crippen LogP contribution in [-0.4, -0.2) is 11.1 Å². The normalized spacial score (nSPS) is 13.5. The van der Waals surface area contributed by atoms with Crippen molar-refractivity contribution in [3.63, 3.8) is 0 Å². The maximum Gasteiger partial charge on any atom is 0.419 e. The lowest BCUT2D eigenvalue weighted by molar-refractivity contribution is -0.140. The molecule has 3 nitrogen and oxygen atoms in total. The zero-order valence-corrected chi connectivity index (χ0v) is 8.05. The van der Waals surface area contributed by atoms with Crippen LogP contribution in [0.15, 0.2) is 12.1 Å². The zero-order chi connectivity index (χ0) is 13.4. The van der Waals surface area contributed by atoms with Crippen molar-refractivity contribution in [1.82, 2.24) is 0 Å². The van der Waals surface area contributed by atoms with E-state index in [1.54, 1.807) is 0 Å². The number of aliphatic carboxylic acids is 1. The van der Waals surface area contributed by atoms with Crippen LogP contribution in [-0.2, 0) is 11.0 Å². The van der Waals surface area contributed by atoms with Crippen LogP contribution in [0.2, 0.25) is 0 Å². The Morgan fingerprint density at radius 2 is 1.76 bits per heavy atom. The average Bonchev–Trinajstić information content (AvgIpc) is 2.19. The Labute approximate surface area is 91.6 Å². The van der Waals surface area contributed by atoms with E-state index in [9.17, 15) is 26.7 Å². The summed E-state index contributed by atoms with van der Waals surface area (Å²) in [6, 6.07) is -1.18. The van der Waals surface area contributed by atoms with Crippen LogP contribution < -0.4 is 5.73 Å². The number of hydrogen-bond acceptors (Lipinski definition) is 2. The molecule has 0 fully saturated rings. The van der Waals surface area contributed by atoms with Gasteiger partial charge in [0.15, 0.2) is 11.6 Å². The summed E-state index contributed by atoms with van der Waals surface area (Å²) in [5.41, 5.74) is 2.33. The van der Waals surface area contributed by atoms with Gasteiger partial charge in [-0.1, -0.05) is 6.07 Å². The van der Waals surface area contributed by atoms with Crippen molar-refractivity contribution in [3.05, 3.63) is 34.9 Å². The summed E-state index contributed by atoms with van der Waals surface area (Å²) in [6.07, 6.45) is -5.06. The van der Waals surface area contributed by atoms with E-state index >= 15 is 0 Å². The molecule has 0 heterocycles. The lowest BCUT2D eigenvalue weighted by Gasteiger charge is -2.13. The Morgan fingerprint density at radius 3 is 2.18 bits per heavy atom. The Morgan fingerprint density at radius 1 is 1.24 bits per heavy atom. The Kier molecular flexibility index (Phi) is 3.37. The molecule has 1 aromatic rings. The lowest BCUT2D eigenvalue weighted by atomic mass is 10.0. The van der Waals surface area contributed by atoms with Crippen LogP contribution in [0.5, 0.6) is 0 Å². The van der Waals surface area contributed by atoms with E-state index in [0.717, 1.165) is 0 Å². The molecule has 0 unspecified atom stereocenters. The molecule has 1 atom stereocenters. The third-order valence-electron chi connectivity index (χ3n) is 2.02. The second kappa shape index (κ2) is 4.28. The second-order valence-electron chi connectivity index (χ2n) is 3.14. The number of carboxylic acid groups (broad SMARTS) is 1. The van der Waals surface area contributed by atoms with Gasteiger partial charge in [0.05, 0.1) is 5.56 Å². The maximum absolute atomic E-state index is 13.2. The van der Waals surface area contributed by atoms with Gasteiger partial charge in [0.1, 0.15) is 6.04 Å². The number of hydrogen-bond donors (Lipinski definition) is 2. The Bertz CT molecular complexity index is 457. The van der Waals surface area contributed by atoms with Crippen LogP contribution in [0, 0.1) is 11.6 Å². The molecule has 0 spiro atoms. The summed E-state index contributed by atoms with van der Waals surface area (Å²) in [7, 11) is 0. The number of carboxylic acids is 1. The van der Waals surface area contributed by atoms with Gasteiger partial charge >= 0.3 is 12.1 Å². The van der Waals surface area contributed by atoms with E-state index in [1.165, 1.54) is 0 Å². The number of benzene rings is 1. The monoisotopic (exact) mass is 255 g/mol. The van der Waals surface area contributed by atoms with Crippen molar-refractivity contribution < 1.29 is 31.9 Å². The fraction of sp³-hybridized carbons (Fsp3) is 0.222. The molecule has 3 N–H and O–H groups in total. The molecule has 94 valence electrons. The fourth-order valence-corrected chi connectivity index (χ4v) is 1.16. The van der Waals surface area contributed by atoms with E-state index in [-0.39, 0.29) is 6.07 Å². The third-order valence-corrected chi connectivity index (χ3v) is 2.02. The van der Waals surface area contributed by atoms with Crippen molar-refractivity contribution in [2.24, 2.45) is 5.73 Å². The lowest BCUT2D eigenvalue weighted by Crippen LogP contribution is -2.23. The van der Waals surface area contributed by atoms with E-state index in [0.29, 0.717) is 6.07 Å². The minimum atomic E-state index is -5.06. The zero-order valence-electron chi connectivity index (χ0n) is 8.05. The van der Waals surface area contributed by atoms with Crippen molar-refractivity contribution in [2.45, 2.75) is 12.2 Å². The van der Waals surface area contributed by atoms with Crippen LogP contribution >= 0.6 is 0 Å². The first kappa shape index (κ1) is 13.4. The first-order valence-electron chi connectivity index (χ1n) is 4.19. The highest BCUT2D eigenvalue weighted by molar-refractivity contribution is 5.75. The summed E-state index contributed by atoms with van der Waals surface area (Å²) in [5.74, 6) is -5.75. The van der Waals surface area contributed by atoms with E-state index in [4.69, 9.17) is 10.8 Å². The molecule has 0 aliphatic rings. The smallest absolute Gasteiger partial charge is 0.419 e. The predicted molar refractivity (Wildman–Crippen MR) is 45.9 cm³/mol. The van der Waals surface area contributed by atoms with Crippen molar-refractivity contribution >= 4 is 5.97 Å². The fourth-order valence-electron chi connectivity index (χ4n) is 1.16. The third kappa shape index (κ3) is 2.52. The summed E-state index contributed by atoms with van der Waals surface area (Å²) < 4.78 is 62.7. The minimum Gasteiger partial charge on any atom is -0.480 e. The van der Waals surface area contributed by atoms with Crippen LogP contribution in [0.25, 0.3) is 0 Å². The van der Waals surface area contributed by atoms with Gasteiger partial charge < -0.3 is 10.8 Å². The molecule has 0 saturated carbocycles. The van der Waals surface area contributed by atoms with E-state index in [2.05, 4.69) is 0 Å². The van der Waals surface area contributed by atoms with Crippen LogP contribution in [0.3, 0.4) is 0 Å². The van der Waals surface area contributed by atoms with E-state index in [1.807, 2.05) is 0 Å². The number of nitrogens with two attached hydrogens (primary N) is 1. The molecule has 1 rings (SSSR count). The van der Waals surface area contributed by atoms with Gasteiger partial charge in [0.25, 0.3) is 0 Å². The molecule has 17 heavy (non-hydrogen) atoms. The van der Waals surface area contributed by atoms with Crippen LogP contribution in [0.1, 0.15) is 17.2 Å². The van der Waals surface area contributed by atoms with Gasteiger partial charge in [-0.2, -0.15) is 13.2 Å². The molecule has 0 amide bonds. The van der Waals surface area contributed by atoms with Crippen molar-refractivity contribution in [3.8, 4) is 0 Å². The molecule has 0 radical (unpaired) electrons. The topological polar surface area (TPSA) is 63.3 Å². The van der Waals surface area contributed by atoms with Gasteiger partial charge in [-0.05, 0) is 6.07 Å². The Hall–Kier alpha value is -1.70. The number of rotatable bonds is 2. The molecular formula is C9H6F5NO2. The molecule has 1 aromatic carbocycles. The molecule has 0 aliphatic heterocycles. The van der Waals surface area contributed by atoms with Gasteiger partial charge in [0, 0.05) is 5.56 Å². The number of halogens is 5. The standard InChI is InChI=1S/C9H6F5NO2/c10-5-3(7(15)8(16)17)1-2-4(6(5)11)9(12,13)14/h1-2,7H,15H2,(H,16,17)/t7-/m0/s1. The van der Waals surface area contributed by atoms with Gasteiger partial charge in [0.2, 0.25) is 0 Å². The summed E-state index contributed by atoms with van der Waals surface area (Å²) in [5, 5.41) is 8.44. The first-order valence-corrected chi connectivity index (χ1v) is 4.19. The molecule has 0 aliphatic carbocycles. The van der Waals surface area contributed by atoms with Crippen LogP contribution in [0.4, 0.5) is 22.0 Å². The van der Waals surface area contributed by atoms with Gasteiger partial charge in [-0.3, -0.25) is 4.79 Å². The maximum atomic E-state index is 13.2. The molecule has 0 aromatic heterocycles. The Balaban J connectivity index is 3.34. The SMILES string of the molecule is N[C@H](C(=O)O)c1ccc(C(F)(F)F)c(F)c1F.